The molecule has 1 aliphatic heterocycles. The number of fused-ring (bicyclic) bond motifs is 1. The number of carbonyl (C=O) groups excluding carboxylic acids is 1. The predicted octanol–water partition coefficient (Wildman–Crippen LogP) is 3.88. The Kier molecular flexibility index (Phi) is 4.40. The highest BCUT2D eigenvalue weighted by atomic mass is 16.5. The van der Waals surface area contributed by atoms with E-state index in [1.165, 1.54) is 11.1 Å². The van der Waals surface area contributed by atoms with E-state index in [2.05, 4.69) is 29.2 Å². The second kappa shape index (κ2) is 7.00. The molecule has 0 saturated carbocycles. The summed E-state index contributed by atoms with van der Waals surface area (Å²) in [7, 11) is 1.66. The third-order valence-corrected chi connectivity index (χ3v) is 4.86. The van der Waals surface area contributed by atoms with Crippen molar-refractivity contribution in [1.29, 1.82) is 0 Å². The Morgan fingerprint density at radius 3 is 2.81 bits per heavy atom. The van der Waals surface area contributed by atoms with Gasteiger partial charge in [-0.1, -0.05) is 36.4 Å². The molecule has 1 amide bonds. The summed E-state index contributed by atoms with van der Waals surface area (Å²) in [6, 6.07) is 19.8. The summed E-state index contributed by atoms with van der Waals surface area (Å²) in [4.78, 5) is 19.2. The molecule has 0 bridgehead atoms. The fourth-order valence-electron chi connectivity index (χ4n) is 3.61. The number of ether oxygens (including phenoxy) is 1. The van der Waals surface area contributed by atoms with Crippen molar-refractivity contribution in [3.05, 3.63) is 95.3 Å². The number of carbonyl (C=O) groups is 1. The number of hydrogen-bond acceptors (Lipinski definition) is 3. The highest BCUT2D eigenvalue weighted by Gasteiger charge is 2.32. The zero-order chi connectivity index (χ0) is 17.9. The lowest BCUT2D eigenvalue weighted by molar-refractivity contribution is 0.0694. The Bertz CT molecular complexity index is 924. The second-order valence-corrected chi connectivity index (χ2v) is 6.37. The molecule has 1 atom stereocenters. The van der Waals surface area contributed by atoms with Gasteiger partial charge in [0.25, 0.3) is 5.91 Å². The van der Waals surface area contributed by atoms with Crippen molar-refractivity contribution in [1.82, 2.24) is 9.88 Å². The molecule has 0 radical (unpaired) electrons. The van der Waals surface area contributed by atoms with Crippen LogP contribution in [0.3, 0.4) is 0 Å². The molecule has 1 aromatic heterocycles. The van der Waals surface area contributed by atoms with Crippen molar-refractivity contribution in [2.75, 3.05) is 13.7 Å². The molecule has 130 valence electrons. The first-order chi connectivity index (χ1) is 12.8. The molecule has 4 heteroatoms. The van der Waals surface area contributed by atoms with E-state index in [1.807, 2.05) is 35.2 Å². The number of methoxy groups -OCH3 is 1. The minimum Gasteiger partial charge on any atom is -0.497 e. The molecule has 1 unspecified atom stereocenters. The second-order valence-electron chi connectivity index (χ2n) is 6.37. The van der Waals surface area contributed by atoms with E-state index in [4.69, 9.17) is 4.74 Å². The first-order valence-electron chi connectivity index (χ1n) is 8.70. The zero-order valence-electron chi connectivity index (χ0n) is 14.6. The highest BCUT2D eigenvalue weighted by molar-refractivity contribution is 5.94. The van der Waals surface area contributed by atoms with Crippen molar-refractivity contribution in [2.45, 2.75) is 12.5 Å². The van der Waals surface area contributed by atoms with Gasteiger partial charge in [0.05, 0.1) is 18.7 Å². The molecule has 2 heterocycles. The summed E-state index contributed by atoms with van der Waals surface area (Å²) in [6.07, 6.45) is 4.16. The zero-order valence-corrected chi connectivity index (χ0v) is 14.6. The number of nitrogens with zero attached hydrogens (tertiary/aromatic N) is 2. The molecule has 0 saturated heterocycles. The first kappa shape index (κ1) is 16.3. The van der Waals surface area contributed by atoms with E-state index in [0.717, 1.165) is 17.7 Å². The minimum absolute atomic E-state index is 0.000392. The van der Waals surface area contributed by atoms with E-state index in [0.29, 0.717) is 12.1 Å². The molecule has 0 fully saturated rings. The topological polar surface area (TPSA) is 42.4 Å². The molecule has 26 heavy (non-hydrogen) atoms. The molecule has 4 nitrogen and oxygen atoms in total. The van der Waals surface area contributed by atoms with Crippen LogP contribution in [0, 0.1) is 0 Å². The smallest absolute Gasteiger partial charge is 0.256 e. The van der Waals surface area contributed by atoms with Crippen LogP contribution in [0.5, 0.6) is 5.75 Å². The Morgan fingerprint density at radius 2 is 2.00 bits per heavy atom. The molecule has 0 spiro atoms. The summed E-state index contributed by atoms with van der Waals surface area (Å²) >= 11 is 0. The third-order valence-electron chi connectivity index (χ3n) is 4.86. The van der Waals surface area contributed by atoms with Crippen LogP contribution in [0.25, 0.3) is 0 Å². The minimum atomic E-state index is -0.136. The Balaban J connectivity index is 1.81. The third kappa shape index (κ3) is 2.94. The van der Waals surface area contributed by atoms with Crippen LogP contribution in [-0.2, 0) is 6.42 Å². The van der Waals surface area contributed by atoms with E-state index < -0.39 is 0 Å². The Morgan fingerprint density at radius 1 is 1.12 bits per heavy atom. The summed E-state index contributed by atoms with van der Waals surface area (Å²) in [5.74, 6) is 0.791. The van der Waals surface area contributed by atoms with Crippen LogP contribution >= 0.6 is 0 Å². The van der Waals surface area contributed by atoms with Gasteiger partial charge in [-0.2, -0.15) is 0 Å². The molecule has 3 aromatic rings. The van der Waals surface area contributed by atoms with E-state index >= 15 is 0 Å². The maximum Gasteiger partial charge on any atom is 0.256 e. The lowest BCUT2D eigenvalue weighted by Crippen LogP contribution is -2.40. The average molecular weight is 344 g/mol. The first-order valence-corrected chi connectivity index (χ1v) is 8.70. The van der Waals surface area contributed by atoms with Gasteiger partial charge >= 0.3 is 0 Å². The van der Waals surface area contributed by atoms with Crippen molar-refractivity contribution < 1.29 is 9.53 Å². The SMILES string of the molecule is COc1cccc(C2c3ccccc3CCN2C(=O)c2cccnc2)c1. The van der Waals surface area contributed by atoms with Crippen LogP contribution in [0.2, 0.25) is 0 Å². The van der Waals surface area contributed by atoms with Gasteiger partial charge in [-0.05, 0) is 47.4 Å². The highest BCUT2D eigenvalue weighted by Crippen LogP contribution is 2.37. The lowest BCUT2D eigenvalue weighted by atomic mass is 9.87. The number of rotatable bonds is 3. The number of benzene rings is 2. The average Bonchev–Trinajstić information content (AvgIpc) is 2.73. The number of amides is 1. The van der Waals surface area contributed by atoms with Crippen LogP contribution in [0.4, 0.5) is 0 Å². The Labute approximate surface area is 153 Å². The van der Waals surface area contributed by atoms with Gasteiger partial charge in [-0.15, -0.1) is 0 Å². The molecule has 4 rings (SSSR count). The largest absolute Gasteiger partial charge is 0.497 e. The number of pyridine rings is 1. The molecule has 2 aromatic carbocycles. The maximum absolute atomic E-state index is 13.2. The quantitative estimate of drug-likeness (QED) is 0.724. The van der Waals surface area contributed by atoms with Gasteiger partial charge in [0, 0.05) is 18.9 Å². The van der Waals surface area contributed by atoms with Crippen molar-refractivity contribution in [3.63, 3.8) is 0 Å². The van der Waals surface area contributed by atoms with Crippen LogP contribution in [-0.4, -0.2) is 29.4 Å². The van der Waals surface area contributed by atoms with E-state index in [-0.39, 0.29) is 11.9 Å². The van der Waals surface area contributed by atoms with Gasteiger partial charge in [0.2, 0.25) is 0 Å². The van der Waals surface area contributed by atoms with Crippen molar-refractivity contribution in [3.8, 4) is 5.75 Å². The van der Waals surface area contributed by atoms with Crippen LogP contribution in [0.1, 0.15) is 33.1 Å². The van der Waals surface area contributed by atoms with Gasteiger partial charge < -0.3 is 9.64 Å². The molecule has 0 aliphatic carbocycles. The monoisotopic (exact) mass is 344 g/mol. The normalized spacial score (nSPS) is 16.0. The van der Waals surface area contributed by atoms with Gasteiger partial charge in [0.1, 0.15) is 5.75 Å². The summed E-state index contributed by atoms with van der Waals surface area (Å²) in [6.45, 7) is 0.673. The Hall–Kier alpha value is -3.14. The van der Waals surface area contributed by atoms with Gasteiger partial charge in [-0.3, -0.25) is 9.78 Å². The van der Waals surface area contributed by atoms with Crippen molar-refractivity contribution >= 4 is 5.91 Å². The summed E-state index contributed by atoms with van der Waals surface area (Å²) in [5.41, 5.74) is 4.12. The van der Waals surface area contributed by atoms with E-state index in [9.17, 15) is 4.79 Å². The fraction of sp³-hybridized carbons (Fsp3) is 0.182. The maximum atomic E-state index is 13.2. The van der Waals surface area contributed by atoms with Crippen LogP contribution < -0.4 is 4.74 Å². The number of hydrogen-bond donors (Lipinski definition) is 0. The summed E-state index contributed by atoms with van der Waals surface area (Å²) in [5, 5.41) is 0. The summed E-state index contributed by atoms with van der Waals surface area (Å²) < 4.78 is 5.40. The molecular formula is C22H20N2O2. The molecule has 1 aliphatic rings. The van der Waals surface area contributed by atoms with Gasteiger partial charge in [0.15, 0.2) is 0 Å². The standard InChI is InChI=1S/C22H20N2O2/c1-26-19-9-4-7-17(14-19)21-20-10-3-2-6-16(20)11-13-24(21)22(25)18-8-5-12-23-15-18/h2-10,12,14-15,21H,11,13H2,1H3. The van der Waals surface area contributed by atoms with Crippen LogP contribution in [0.15, 0.2) is 73.1 Å². The van der Waals surface area contributed by atoms with Gasteiger partial charge in [-0.25, -0.2) is 0 Å². The predicted molar refractivity (Wildman–Crippen MR) is 100 cm³/mol. The fourth-order valence-corrected chi connectivity index (χ4v) is 3.61. The number of aromatic nitrogens is 1. The molecule has 0 N–H and O–H groups in total. The molecular weight excluding hydrogens is 324 g/mol. The lowest BCUT2D eigenvalue weighted by Gasteiger charge is -2.38. The van der Waals surface area contributed by atoms with Crippen molar-refractivity contribution in [2.24, 2.45) is 0 Å². The van der Waals surface area contributed by atoms with E-state index in [1.54, 1.807) is 25.6 Å².